The second kappa shape index (κ2) is 5.29. The first kappa shape index (κ1) is 13.2. The number of benzene rings is 2. The Kier molecular flexibility index (Phi) is 3.49. The molecule has 0 bridgehead atoms. The van der Waals surface area contributed by atoms with Gasteiger partial charge in [0.25, 0.3) is 0 Å². The fourth-order valence-electron chi connectivity index (χ4n) is 2.26. The second-order valence-electron chi connectivity index (χ2n) is 5.64. The maximum atomic E-state index is 10.5. The van der Waals surface area contributed by atoms with Gasteiger partial charge in [-0.3, -0.25) is 0 Å². The molecule has 3 rings (SSSR count). The van der Waals surface area contributed by atoms with Gasteiger partial charge in [0.1, 0.15) is 11.9 Å². The zero-order valence-corrected chi connectivity index (χ0v) is 12.0. The predicted molar refractivity (Wildman–Crippen MR) is 80.1 cm³/mol. The minimum absolute atomic E-state index is 0.379. The average Bonchev–Trinajstić information content (AvgIpc) is 3.25. The van der Waals surface area contributed by atoms with Gasteiger partial charge in [-0.25, -0.2) is 0 Å². The van der Waals surface area contributed by atoms with E-state index in [-0.39, 0.29) is 0 Å². The van der Waals surface area contributed by atoms with Crippen LogP contribution >= 0.6 is 0 Å². The number of rotatable bonds is 4. The lowest BCUT2D eigenvalue weighted by molar-refractivity contribution is 0.219. The molecule has 0 spiro atoms. The van der Waals surface area contributed by atoms with E-state index >= 15 is 0 Å². The van der Waals surface area contributed by atoms with Crippen molar-refractivity contribution in [1.29, 1.82) is 0 Å². The monoisotopic (exact) mass is 268 g/mol. The van der Waals surface area contributed by atoms with Gasteiger partial charge < -0.3 is 9.84 Å². The maximum absolute atomic E-state index is 10.5. The van der Waals surface area contributed by atoms with E-state index < -0.39 is 6.10 Å². The molecule has 2 heteroatoms. The van der Waals surface area contributed by atoms with E-state index in [0.717, 1.165) is 29.7 Å². The van der Waals surface area contributed by atoms with Crippen molar-refractivity contribution in [3.8, 4) is 5.75 Å². The standard InChI is InChI=1S/C18H20O2/c1-12-6-7-15(10-13(12)2)18(19)14-4-3-5-17(11-14)20-16-8-9-16/h3-7,10-11,16,18-19H,8-9H2,1-2H3. The molecule has 1 aliphatic rings. The van der Waals surface area contributed by atoms with Gasteiger partial charge in [0.15, 0.2) is 0 Å². The number of hydrogen-bond donors (Lipinski definition) is 1. The smallest absolute Gasteiger partial charge is 0.120 e. The summed E-state index contributed by atoms with van der Waals surface area (Å²) in [6.07, 6.45) is 2.06. The summed E-state index contributed by atoms with van der Waals surface area (Å²) in [6.45, 7) is 4.15. The van der Waals surface area contributed by atoms with Gasteiger partial charge >= 0.3 is 0 Å². The van der Waals surface area contributed by atoms with Gasteiger partial charge in [-0.1, -0.05) is 30.3 Å². The SMILES string of the molecule is Cc1ccc(C(O)c2cccc(OC3CC3)c2)cc1C. The summed E-state index contributed by atoms with van der Waals surface area (Å²) in [5.41, 5.74) is 4.25. The molecule has 1 aliphatic carbocycles. The van der Waals surface area contributed by atoms with Crippen molar-refractivity contribution in [3.63, 3.8) is 0 Å². The normalized spacial score (nSPS) is 15.9. The maximum Gasteiger partial charge on any atom is 0.120 e. The summed E-state index contributed by atoms with van der Waals surface area (Å²) in [7, 11) is 0. The first-order valence-corrected chi connectivity index (χ1v) is 7.15. The highest BCUT2D eigenvalue weighted by Crippen LogP contribution is 2.30. The summed E-state index contributed by atoms with van der Waals surface area (Å²) in [5.74, 6) is 0.855. The van der Waals surface area contributed by atoms with Crippen LogP contribution in [0.4, 0.5) is 0 Å². The number of hydrogen-bond acceptors (Lipinski definition) is 2. The highest BCUT2D eigenvalue weighted by molar-refractivity contribution is 5.38. The van der Waals surface area contributed by atoms with E-state index in [4.69, 9.17) is 4.74 Å². The van der Waals surface area contributed by atoms with E-state index in [1.54, 1.807) is 0 Å². The lowest BCUT2D eigenvalue weighted by Crippen LogP contribution is -2.02. The van der Waals surface area contributed by atoms with E-state index in [1.807, 2.05) is 30.3 Å². The third-order valence-corrected chi connectivity index (χ3v) is 3.85. The molecular formula is C18H20O2. The van der Waals surface area contributed by atoms with Crippen molar-refractivity contribution in [2.75, 3.05) is 0 Å². The highest BCUT2D eigenvalue weighted by Gasteiger charge is 2.23. The predicted octanol–water partition coefficient (Wildman–Crippen LogP) is 3.93. The second-order valence-corrected chi connectivity index (χ2v) is 5.64. The van der Waals surface area contributed by atoms with E-state index in [2.05, 4.69) is 26.0 Å². The van der Waals surface area contributed by atoms with Crippen LogP contribution in [0.2, 0.25) is 0 Å². The van der Waals surface area contributed by atoms with Gasteiger partial charge in [0.05, 0.1) is 6.10 Å². The molecule has 0 aromatic heterocycles. The van der Waals surface area contributed by atoms with E-state index in [1.165, 1.54) is 11.1 Å². The molecule has 0 heterocycles. The first-order chi connectivity index (χ1) is 9.63. The minimum atomic E-state index is -0.600. The van der Waals surface area contributed by atoms with E-state index in [9.17, 15) is 5.11 Å². The Balaban J connectivity index is 1.84. The lowest BCUT2D eigenvalue weighted by atomic mass is 9.98. The van der Waals surface area contributed by atoms with Crippen molar-refractivity contribution >= 4 is 0 Å². The molecule has 104 valence electrons. The van der Waals surface area contributed by atoms with Gasteiger partial charge in [-0.15, -0.1) is 0 Å². The zero-order valence-electron chi connectivity index (χ0n) is 12.0. The Bertz CT molecular complexity index is 615. The molecule has 1 unspecified atom stereocenters. The molecule has 20 heavy (non-hydrogen) atoms. The van der Waals surface area contributed by atoms with Crippen LogP contribution in [-0.2, 0) is 0 Å². The Morgan fingerprint density at radius 1 is 1.00 bits per heavy atom. The Morgan fingerprint density at radius 2 is 1.75 bits per heavy atom. The fraction of sp³-hybridized carbons (Fsp3) is 0.333. The number of ether oxygens (including phenoxy) is 1. The quantitative estimate of drug-likeness (QED) is 0.910. The number of aliphatic hydroxyl groups excluding tert-OH is 1. The summed E-state index contributed by atoms with van der Waals surface area (Å²) in [4.78, 5) is 0. The summed E-state index contributed by atoms with van der Waals surface area (Å²) >= 11 is 0. The van der Waals surface area contributed by atoms with Gasteiger partial charge in [0, 0.05) is 0 Å². The summed E-state index contributed by atoms with van der Waals surface area (Å²) in [6, 6.07) is 13.9. The van der Waals surface area contributed by atoms with Gasteiger partial charge in [-0.2, -0.15) is 0 Å². The fourth-order valence-corrected chi connectivity index (χ4v) is 2.26. The van der Waals surface area contributed by atoms with Crippen molar-refractivity contribution in [3.05, 3.63) is 64.7 Å². The summed E-state index contributed by atoms with van der Waals surface area (Å²) in [5, 5.41) is 10.5. The van der Waals surface area contributed by atoms with Crippen molar-refractivity contribution < 1.29 is 9.84 Å². The number of aryl methyl sites for hydroxylation is 2. The largest absolute Gasteiger partial charge is 0.490 e. The third kappa shape index (κ3) is 2.86. The van der Waals surface area contributed by atoms with Crippen LogP contribution in [0.25, 0.3) is 0 Å². The van der Waals surface area contributed by atoms with Crippen LogP contribution in [0.5, 0.6) is 5.75 Å². The molecule has 0 saturated heterocycles. The molecule has 0 radical (unpaired) electrons. The van der Waals surface area contributed by atoms with E-state index in [0.29, 0.717) is 6.10 Å². The minimum Gasteiger partial charge on any atom is -0.490 e. The van der Waals surface area contributed by atoms with Crippen molar-refractivity contribution in [2.24, 2.45) is 0 Å². The topological polar surface area (TPSA) is 29.5 Å². The molecule has 1 N–H and O–H groups in total. The molecule has 1 saturated carbocycles. The van der Waals surface area contributed by atoms with Crippen molar-refractivity contribution in [2.45, 2.75) is 38.9 Å². The van der Waals surface area contributed by atoms with Gasteiger partial charge in [0.2, 0.25) is 0 Å². The van der Waals surface area contributed by atoms with Crippen LogP contribution in [0, 0.1) is 13.8 Å². The molecule has 1 fully saturated rings. The zero-order chi connectivity index (χ0) is 14.1. The average molecular weight is 268 g/mol. The molecule has 2 aromatic rings. The number of aliphatic hydroxyl groups is 1. The molecule has 1 atom stereocenters. The molecule has 0 aliphatic heterocycles. The Morgan fingerprint density at radius 3 is 2.45 bits per heavy atom. The van der Waals surface area contributed by atoms with Gasteiger partial charge in [-0.05, 0) is 61.1 Å². The Labute approximate surface area is 120 Å². The van der Waals surface area contributed by atoms with Crippen LogP contribution in [0.3, 0.4) is 0 Å². The van der Waals surface area contributed by atoms with Crippen LogP contribution in [0.1, 0.15) is 41.2 Å². The van der Waals surface area contributed by atoms with Crippen molar-refractivity contribution in [1.82, 2.24) is 0 Å². The molecule has 2 aromatic carbocycles. The first-order valence-electron chi connectivity index (χ1n) is 7.15. The lowest BCUT2D eigenvalue weighted by Gasteiger charge is -2.14. The summed E-state index contributed by atoms with van der Waals surface area (Å²) < 4.78 is 5.78. The third-order valence-electron chi connectivity index (χ3n) is 3.85. The molecular weight excluding hydrogens is 248 g/mol. The molecule has 2 nitrogen and oxygen atoms in total. The Hall–Kier alpha value is -1.80. The van der Waals surface area contributed by atoms with Crippen LogP contribution < -0.4 is 4.74 Å². The molecule has 0 amide bonds. The highest BCUT2D eigenvalue weighted by atomic mass is 16.5. The van der Waals surface area contributed by atoms with Crippen LogP contribution in [-0.4, -0.2) is 11.2 Å². The van der Waals surface area contributed by atoms with Crippen LogP contribution in [0.15, 0.2) is 42.5 Å².